The Morgan fingerprint density at radius 2 is 1.93 bits per heavy atom. The summed E-state index contributed by atoms with van der Waals surface area (Å²) in [5.41, 5.74) is 3.28. The molecule has 0 atom stereocenters. The first-order valence-electron chi connectivity index (χ1n) is 8.26. The lowest BCUT2D eigenvalue weighted by molar-refractivity contribution is 0.101. The van der Waals surface area contributed by atoms with Crippen molar-refractivity contribution in [1.82, 2.24) is 5.16 Å². The first kappa shape index (κ1) is 19.3. The van der Waals surface area contributed by atoms with E-state index in [0.29, 0.717) is 27.1 Å². The number of amides is 1. The number of rotatable bonds is 5. The minimum absolute atomic E-state index is 0.156. The third-order valence-electron chi connectivity index (χ3n) is 4.09. The molecular weight excluding hydrogens is 387 g/mol. The number of aromatic nitrogens is 1. The summed E-state index contributed by atoms with van der Waals surface area (Å²) in [6.45, 7) is 5.86. The molecule has 0 unspecified atom stereocenters. The molecule has 1 aromatic heterocycles. The van der Waals surface area contributed by atoms with E-state index in [1.165, 1.54) is 0 Å². The summed E-state index contributed by atoms with van der Waals surface area (Å²) in [5, 5.41) is 7.42. The van der Waals surface area contributed by atoms with E-state index < -0.39 is 5.91 Å². The van der Waals surface area contributed by atoms with Gasteiger partial charge in [0.15, 0.2) is 5.69 Å². The molecule has 5 nitrogen and oxygen atoms in total. The molecule has 0 aliphatic heterocycles. The van der Waals surface area contributed by atoms with E-state index in [1.807, 2.05) is 32.0 Å². The molecule has 3 rings (SSSR count). The zero-order chi connectivity index (χ0) is 19.6. The number of carbonyl (C=O) groups excluding carboxylic acids is 1. The van der Waals surface area contributed by atoms with E-state index in [2.05, 4.69) is 10.5 Å². The average Bonchev–Trinajstić information content (AvgIpc) is 2.99. The minimum atomic E-state index is -0.435. The summed E-state index contributed by atoms with van der Waals surface area (Å²) < 4.78 is 11.1. The number of nitrogens with one attached hydrogen (secondary N) is 1. The normalized spacial score (nSPS) is 10.7. The van der Waals surface area contributed by atoms with Crippen molar-refractivity contribution in [2.75, 3.05) is 5.32 Å². The smallest absolute Gasteiger partial charge is 0.278 e. The second-order valence-corrected chi connectivity index (χ2v) is 7.05. The fourth-order valence-corrected chi connectivity index (χ4v) is 2.98. The first-order valence-corrected chi connectivity index (χ1v) is 9.02. The van der Waals surface area contributed by atoms with Crippen LogP contribution in [0.1, 0.15) is 32.9 Å². The van der Waals surface area contributed by atoms with E-state index in [0.717, 1.165) is 16.9 Å². The minimum Gasteiger partial charge on any atom is -0.488 e. The maximum atomic E-state index is 12.6. The molecule has 7 heteroatoms. The van der Waals surface area contributed by atoms with Gasteiger partial charge in [0.1, 0.15) is 18.1 Å². The van der Waals surface area contributed by atoms with Gasteiger partial charge in [0, 0.05) is 5.02 Å². The summed E-state index contributed by atoms with van der Waals surface area (Å²) in [4.78, 5) is 12.6. The van der Waals surface area contributed by atoms with Crippen molar-refractivity contribution in [3.05, 3.63) is 74.6 Å². The van der Waals surface area contributed by atoms with Crippen LogP contribution in [0.2, 0.25) is 10.0 Å². The Balaban J connectivity index is 1.79. The van der Waals surface area contributed by atoms with Gasteiger partial charge in [0.25, 0.3) is 5.91 Å². The Hall–Kier alpha value is -2.50. The Morgan fingerprint density at radius 3 is 2.67 bits per heavy atom. The molecule has 27 heavy (non-hydrogen) atoms. The van der Waals surface area contributed by atoms with E-state index in [-0.39, 0.29) is 12.3 Å². The Bertz CT molecular complexity index is 999. The van der Waals surface area contributed by atoms with Crippen molar-refractivity contribution in [2.24, 2.45) is 0 Å². The van der Waals surface area contributed by atoms with Crippen LogP contribution >= 0.6 is 23.2 Å². The lowest BCUT2D eigenvalue weighted by atomic mass is 10.1. The molecule has 0 aliphatic carbocycles. The summed E-state index contributed by atoms with van der Waals surface area (Å²) in [6, 6.07) is 10.8. The van der Waals surface area contributed by atoms with Gasteiger partial charge in [-0.25, -0.2) is 0 Å². The number of hydrogen-bond donors (Lipinski definition) is 1. The maximum Gasteiger partial charge on any atom is 0.278 e. The highest BCUT2D eigenvalue weighted by molar-refractivity contribution is 6.36. The highest BCUT2D eigenvalue weighted by Crippen LogP contribution is 2.27. The molecule has 0 saturated heterocycles. The van der Waals surface area contributed by atoms with Crippen LogP contribution in [0.15, 0.2) is 40.9 Å². The summed E-state index contributed by atoms with van der Waals surface area (Å²) in [7, 11) is 0. The van der Waals surface area contributed by atoms with E-state index >= 15 is 0 Å². The van der Waals surface area contributed by atoms with Gasteiger partial charge in [-0.2, -0.15) is 0 Å². The fourth-order valence-electron chi connectivity index (χ4n) is 2.52. The summed E-state index contributed by atoms with van der Waals surface area (Å²) in [6.07, 6.45) is 0. The number of aryl methyl sites for hydroxylation is 3. The highest BCUT2D eigenvalue weighted by atomic mass is 35.5. The third-order valence-corrected chi connectivity index (χ3v) is 4.64. The predicted octanol–water partition coefficient (Wildman–Crippen LogP) is 5.74. The molecule has 3 aromatic rings. The summed E-state index contributed by atoms with van der Waals surface area (Å²) in [5.74, 6) is 0.839. The quantitative estimate of drug-likeness (QED) is 0.588. The zero-order valence-corrected chi connectivity index (χ0v) is 16.6. The SMILES string of the molecule is Cc1ccc(C)c(OCc2c(C(=O)Nc3ccc(Cl)cc3Cl)noc2C)c1. The molecule has 0 saturated carbocycles. The Labute approximate surface area is 167 Å². The third kappa shape index (κ3) is 4.43. The molecule has 0 fully saturated rings. The molecule has 140 valence electrons. The van der Waals surface area contributed by atoms with Crippen LogP contribution in [-0.4, -0.2) is 11.1 Å². The van der Waals surface area contributed by atoms with Crippen LogP contribution < -0.4 is 10.1 Å². The largest absolute Gasteiger partial charge is 0.488 e. The predicted molar refractivity (Wildman–Crippen MR) is 106 cm³/mol. The molecule has 0 spiro atoms. The number of anilines is 1. The van der Waals surface area contributed by atoms with Crippen molar-refractivity contribution in [3.63, 3.8) is 0 Å². The molecule has 1 N–H and O–H groups in total. The Kier molecular flexibility index (Phi) is 5.73. The van der Waals surface area contributed by atoms with Crippen LogP contribution in [0.25, 0.3) is 0 Å². The second-order valence-electron chi connectivity index (χ2n) is 6.20. The van der Waals surface area contributed by atoms with E-state index in [9.17, 15) is 4.79 Å². The monoisotopic (exact) mass is 404 g/mol. The van der Waals surface area contributed by atoms with Gasteiger partial charge in [0.2, 0.25) is 0 Å². The number of hydrogen-bond acceptors (Lipinski definition) is 4. The molecule has 0 bridgehead atoms. The Morgan fingerprint density at radius 1 is 1.15 bits per heavy atom. The van der Waals surface area contributed by atoms with Gasteiger partial charge in [-0.3, -0.25) is 4.79 Å². The molecule has 0 aliphatic rings. The molecular formula is C20H18Cl2N2O3. The van der Waals surface area contributed by atoms with Crippen molar-refractivity contribution in [2.45, 2.75) is 27.4 Å². The first-order chi connectivity index (χ1) is 12.8. The number of benzene rings is 2. The zero-order valence-electron chi connectivity index (χ0n) is 15.1. The van der Waals surface area contributed by atoms with Crippen LogP contribution in [-0.2, 0) is 6.61 Å². The van der Waals surface area contributed by atoms with Gasteiger partial charge in [-0.05, 0) is 56.2 Å². The summed E-state index contributed by atoms with van der Waals surface area (Å²) >= 11 is 12.0. The maximum absolute atomic E-state index is 12.6. The second kappa shape index (κ2) is 8.03. The molecule has 1 amide bonds. The molecule has 0 radical (unpaired) electrons. The lowest BCUT2D eigenvalue weighted by Gasteiger charge is -2.11. The van der Waals surface area contributed by atoms with Crippen molar-refractivity contribution in [1.29, 1.82) is 0 Å². The van der Waals surface area contributed by atoms with Crippen molar-refractivity contribution < 1.29 is 14.1 Å². The van der Waals surface area contributed by atoms with Crippen molar-refractivity contribution >= 4 is 34.8 Å². The van der Waals surface area contributed by atoms with Crippen LogP contribution in [0.4, 0.5) is 5.69 Å². The van der Waals surface area contributed by atoms with Gasteiger partial charge in [0.05, 0.1) is 16.3 Å². The van der Waals surface area contributed by atoms with Gasteiger partial charge >= 0.3 is 0 Å². The highest BCUT2D eigenvalue weighted by Gasteiger charge is 2.21. The molecule has 1 heterocycles. The standard InChI is InChI=1S/C20H18Cl2N2O3/c1-11-4-5-12(2)18(8-11)26-10-15-13(3)27-24-19(15)20(25)23-17-7-6-14(21)9-16(17)22/h4-9H,10H2,1-3H3,(H,23,25). The topological polar surface area (TPSA) is 64.4 Å². The average molecular weight is 405 g/mol. The number of halogens is 2. The van der Waals surface area contributed by atoms with Gasteiger partial charge in [-0.15, -0.1) is 0 Å². The molecule has 2 aromatic carbocycles. The number of carbonyl (C=O) groups is 1. The van der Waals surface area contributed by atoms with Crippen LogP contribution in [0.3, 0.4) is 0 Å². The lowest BCUT2D eigenvalue weighted by Crippen LogP contribution is -2.15. The van der Waals surface area contributed by atoms with E-state index in [4.69, 9.17) is 32.5 Å². The number of ether oxygens (including phenoxy) is 1. The van der Waals surface area contributed by atoms with Crippen LogP contribution in [0.5, 0.6) is 5.75 Å². The van der Waals surface area contributed by atoms with Gasteiger partial charge in [-0.1, -0.05) is 40.5 Å². The fraction of sp³-hybridized carbons (Fsp3) is 0.200. The van der Waals surface area contributed by atoms with Crippen LogP contribution in [0, 0.1) is 20.8 Å². The van der Waals surface area contributed by atoms with Gasteiger partial charge < -0.3 is 14.6 Å². The van der Waals surface area contributed by atoms with Crippen molar-refractivity contribution in [3.8, 4) is 5.75 Å². The van der Waals surface area contributed by atoms with E-state index in [1.54, 1.807) is 25.1 Å². The number of nitrogens with zero attached hydrogens (tertiary/aromatic N) is 1.